The summed E-state index contributed by atoms with van der Waals surface area (Å²) in [6.07, 6.45) is 5.42. The van der Waals surface area contributed by atoms with Crippen molar-refractivity contribution in [2.24, 2.45) is 0 Å². The highest BCUT2D eigenvalue weighted by molar-refractivity contribution is 5.76. The number of carbonyl (C=O) groups is 1. The lowest BCUT2D eigenvalue weighted by molar-refractivity contribution is -0.121. The van der Waals surface area contributed by atoms with E-state index < -0.39 is 0 Å². The van der Waals surface area contributed by atoms with Gasteiger partial charge in [-0.15, -0.1) is 0 Å². The van der Waals surface area contributed by atoms with Crippen molar-refractivity contribution in [3.63, 3.8) is 0 Å². The molecule has 1 fully saturated rings. The standard InChI is InChI=1S/C19H30N2O2/c1-16-6-8-17(9-7-16)15-20-19(22)10-13-21-12-4-3-5-18(21)11-14-23-2/h6-9,18H,3-5,10-15H2,1-2H3,(H,20,22)/t18-/m1/s1. The van der Waals surface area contributed by atoms with Gasteiger partial charge in [0, 0.05) is 39.3 Å². The number of amides is 1. The van der Waals surface area contributed by atoms with Gasteiger partial charge in [0.2, 0.25) is 5.91 Å². The Kier molecular flexibility index (Phi) is 7.56. The van der Waals surface area contributed by atoms with Gasteiger partial charge < -0.3 is 10.1 Å². The van der Waals surface area contributed by atoms with Crippen LogP contribution < -0.4 is 5.32 Å². The third kappa shape index (κ3) is 6.32. The summed E-state index contributed by atoms with van der Waals surface area (Å²) < 4.78 is 5.21. The third-order valence-corrected chi connectivity index (χ3v) is 4.64. The molecule has 4 nitrogen and oxygen atoms in total. The maximum atomic E-state index is 12.1. The number of rotatable bonds is 8. The van der Waals surface area contributed by atoms with E-state index in [9.17, 15) is 4.79 Å². The van der Waals surface area contributed by atoms with Crippen LogP contribution in [0.3, 0.4) is 0 Å². The van der Waals surface area contributed by atoms with E-state index in [-0.39, 0.29) is 5.91 Å². The number of likely N-dealkylation sites (tertiary alicyclic amines) is 1. The van der Waals surface area contributed by atoms with Crippen LogP contribution in [0.2, 0.25) is 0 Å². The first-order chi connectivity index (χ1) is 11.2. The van der Waals surface area contributed by atoms with Crippen LogP contribution >= 0.6 is 0 Å². The lowest BCUT2D eigenvalue weighted by Crippen LogP contribution is -2.42. The van der Waals surface area contributed by atoms with Gasteiger partial charge in [0.1, 0.15) is 0 Å². The fourth-order valence-electron chi connectivity index (χ4n) is 3.18. The maximum absolute atomic E-state index is 12.1. The van der Waals surface area contributed by atoms with Crippen LogP contribution in [-0.4, -0.2) is 43.7 Å². The molecule has 1 N–H and O–H groups in total. The second-order valence-electron chi connectivity index (χ2n) is 6.48. The summed E-state index contributed by atoms with van der Waals surface area (Å²) in [7, 11) is 1.76. The zero-order chi connectivity index (χ0) is 16.5. The Labute approximate surface area is 140 Å². The fourth-order valence-corrected chi connectivity index (χ4v) is 3.18. The second kappa shape index (κ2) is 9.68. The average molecular weight is 318 g/mol. The van der Waals surface area contributed by atoms with Crippen molar-refractivity contribution in [3.05, 3.63) is 35.4 Å². The molecule has 1 amide bonds. The van der Waals surface area contributed by atoms with Crippen molar-refractivity contribution >= 4 is 5.91 Å². The summed E-state index contributed by atoms with van der Waals surface area (Å²) in [6.45, 7) is 5.46. The summed E-state index contributed by atoms with van der Waals surface area (Å²) in [4.78, 5) is 14.6. The molecule has 2 rings (SSSR count). The molecule has 4 heteroatoms. The number of methoxy groups -OCH3 is 1. The van der Waals surface area contributed by atoms with Crippen LogP contribution in [-0.2, 0) is 16.1 Å². The van der Waals surface area contributed by atoms with Crippen molar-refractivity contribution in [1.82, 2.24) is 10.2 Å². The van der Waals surface area contributed by atoms with Crippen molar-refractivity contribution < 1.29 is 9.53 Å². The summed E-state index contributed by atoms with van der Waals surface area (Å²) in [5.41, 5.74) is 2.40. The Balaban J connectivity index is 1.70. The predicted octanol–water partition coefficient (Wildman–Crippen LogP) is 2.89. The Morgan fingerprint density at radius 2 is 2.09 bits per heavy atom. The highest BCUT2D eigenvalue weighted by atomic mass is 16.5. The summed E-state index contributed by atoms with van der Waals surface area (Å²) in [6, 6.07) is 8.88. The average Bonchev–Trinajstić information content (AvgIpc) is 2.58. The number of nitrogens with zero attached hydrogens (tertiary/aromatic N) is 1. The molecule has 0 radical (unpaired) electrons. The number of nitrogens with one attached hydrogen (secondary N) is 1. The van der Waals surface area contributed by atoms with Crippen molar-refractivity contribution in [1.29, 1.82) is 0 Å². The number of ether oxygens (including phenoxy) is 1. The Bertz CT molecular complexity index is 473. The molecule has 0 aliphatic carbocycles. The van der Waals surface area contributed by atoms with Gasteiger partial charge in [-0.1, -0.05) is 36.2 Å². The molecule has 0 unspecified atom stereocenters. The second-order valence-corrected chi connectivity index (χ2v) is 6.48. The first-order valence-corrected chi connectivity index (χ1v) is 8.74. The van der Waals surface area contributed by atoms with Crippen molar-refractivity contribution in [3.8, 4) is 0 Å². The molecule has 0 saturated carbocycles. The molecule has 1 saturated heterocycles. The van der Waals surface area contributed by atoms with E-state index in [0.717, 1.165) is 31.7 Å². The van der Waals surface area contributed by atoms with Gasteiger partial charge in [0.15, 0.2) is 0 Å². The van der Waals surface area contributed by atoms with Crippen LogP contribution in [0.1, 0.15) is 43.2 Å². The van der Waals surface area contributed by atoms with Gasteiger partial charge in [-0.3, -0.25) is 9.69 Å². The number of hydrogen-bond acceptors (Lipinski definition) is 3. The first kappa shape index (κ1) is 18.0. The van der Waals surface area contributed by atoms with Crippen molar-refractivity contribution in [2.75, 3.05) is 26.8 Å². The minimum absolute atomic E-state index is 0.140. The van der Waals surface area contributed by atoms with E-state index in [0.29, 0.717) is 19.0 Å². The van der Waals surface area contributed by atoms with Crippen LogP contribution in [0.15, 0.2) is 24.3 Å². The van der Waals surface area contributed by atoms with Crippen molar-refractivity contribution in [2.45, 2.75) is 51.6 Å². The summed E-state index contributed by atoms with van der Waals surface area (Å²) in [5, 5.41) is 3.03. The quantitative estimate of drug-likeness (QED) is 0.801. The molecular formula is C19H30N2O2. The molecular weight excluding hydrogens is 288 g/mol. The normalized spacial score (nSPS) is 18.8. The number of aryl methyl sites for hydroxylation is 1. The van der Waals surface area contributed by atoms with Gasteiger partial charge >= 0.3 is 0 Å². The van der Waals surface area contributed by atoms with Crippen LogP contribution in [0.25, 0.3) is 0 Å². The lowest BCUT2D eigenvalue weighted by atomic mass is 9.99. The Morgan fingerprint density at radius 3 is 2.83 bits per heavy atom. The van der Waals surface area contributed by atoms with E-state index in [4.69, 9.17) is 4.74 Å². The van der Waals surface area contributed by atoms with Gasteiger partial charge in [0.05, 0.1) is 0 Å². The third-order valence-electron chi connectivity index (χ3n) is 4.64. The Morgan fingerprint density at radius 1 is 1.30 bits per heavy atom. The highest BCUT2D eigenvalue weighted by Crippen LogP contribution is 2.19. The van der Waals surface area contributed by atoms with E-state index in [2.05, 4.69) is 41.4 Å². The van der Waals surface area contributed by atoms with Gasteiger partial charge in [-0.2, -0.15) is 0 Å². The van der Waals surface area contributed by atoms with Crippen LogP contribution in [0.5, 0.6) is 0 Å². The maximum Gasteiger partial charge on any atom is 0.221 e. The largest absolute Gasteiger partial charge is 0.385 e. The molecule has 1 aromatic rings. The highest BCUT2D eigenvalue weighted by Gasteiger charge is 2.22. The molecule has 128 valence electrons. The van der Waals surface area contributed by atoms with Gasteiger partial charge in [-0.05, 0) is 38.3 Å². The lowest BCUT2D eigenvalue weighted by Gasteiger charge is -2.35. The number of carbonyl (C=O) groups excluding carboxylic acids is 1. The van der Waals surface area contributed by atoms with E-state index >= 15 is 0 Å². The molecule has 0 spiro atoms. The SMILES string of the molecule is COCC[C@H]1CCCCN1CCC(=O)NCc1ccc(C)cc1. The first-order valence-electron chi connectivity index (χ1n) is 8.74. The topological polar surface area (TPSA) is 41.6 Å². The van der Waals surface area contributed by atoms with E-state index in [1.54, 1.807) is 7.11 Å². The molecule has 0 aromatic heterocycles. The van der Waals surface area contributed by atoms with Gasteiger partial charge in [-0.25, -0.2) is 0 Å². The zero-order valence-corrected chi connectivity index (χ0v) is 14.5. The van der Waals surface area contributed by atoms with Gasteiger partial charge in [0.25, 0.3) is 0 Å². The predicted molar refractivity (Wildman–Crippen MR) is 93.3 cm³/mol. The molecule has 0 bridgehead atoms. The fraction of sp³-hybridized carbons (Fsp3) is 0.632. The van der Waals surface area contributed by atoms with Crippen LogP contribution in [0.4, 0.5) is 0 Å². The molecule has 1 aliphatic heterocycles. The molecule has 23 heavy (non-hydrogen) atoms. The summed E-state index contributed by atoms with van der Waals surface area (Å²) in [5.74, 6) is 0.140. The van der Waals surface area contributed by atoms with E-state index in [1.165, 1.54) is 24.8 Å². The Hall–Kier alpha value is -1.39. The monoisotopic (exact) mass is 318 g/mol. The number of hydrogen-bond donors (Lipinski definition) is 1. The number of benzene rings is 1. The van der Waals surface area contributed by atoms with Crippen LogP contribution in [0, 0.1) is 6.92 Å². The molecule has 1 heterocycles. The molecule has 1 aromatic carbocycles. The molecule has 1 atom stereocenters. The summed E-state index contributed by atoms with van der Waals surface area (Å²) >= 11 is 0. The number of piperidine rings is 1. The minimum atomic E-state index is 0.140. The smallest absolute Gasteiger partial charge is 0.221 e. The molecule has 1 aliphatic rings. The van der Waals surface area contributed by atoms with E-state index in [1.807, 2.05) is 0 Å². The minimum Gasteiger partial charge on any atom is -0.385 e. The zero-order valence-electron chi connectivity index (χ0n) is 14.5.